The molecule has 4 atom stereocenters. The average molecular weight is 711 g/mol. The van der Waals surface area contributed by atoms with Crippen LogP contribution in [-0.2, 0) is 14.3 Å². The molecular formula is C38H46N8O6. The van der Waals surface area contributed by atoms with Gasteiger partial charge in [0, 0.05) is 20.1 Å². The fraction of sp³-hybridized carbons (Fsp3) is 0.421. The second-order valence-electron chi connectivity index (χ2n) is 13.5. The van der Waals surface area contributed by atoms with Crippen molar-refractivity contribution in [2.75, 3.05) is 27.2 Å². The third kappa shape index (κ3) is 7.51. The van der Waals surface area contributed by atoms with Crippen molar-refractivity contribution in [3.05, 3.63) is 72.6 Å². The van der Waals surface area contributed by atoms with Crippen LogP contribution in [0, 0.1) is 0 Å². The molecule has 2 aromatic carbocycles. The fourth-order valence-corrected chi connectivity index (χ4v) is 7.25. The first-order valence-electron chi connectivity index (χ1n) is 17.8. The van der Waals surface area contributed by atoms with Crippen LogP contribution >= 0.6 is 0 Å². The molecule has 2 aromatic heterocycles. The van der Waals surface area contributed by atoms with E-state index in [1.165, 1.54) is 14.2 Å². The number of H-pyrrole nitrogens is 2. The summed E-state index contributed by atoms with van der Waals surface area (Å²) in [6, 6.07) is 14.5. The highest BCUT2D eigenvalue weighted by Crippen LogP contribution is 2.35. The van der Waals surface area contributed by atoms with E-state index >= 15 is 0 Å². The molecule has 4 heterocycles. The van der Waals surface area contributed by atoms with Gasteiger partial charge < -0.3 is 34.9 Å². The highest BCUT2D eigenvalue weighted by Gasteiger charge is 2.38. The van der Waals surface area contributed by atoms with Gasteiger partial charge in [-0.3, -0.25) is 14.5 Å². The molecule has 6 rings (SSSR count). The number of nitrogens with one attached hydrogen (secondary N) is 3. The van der Waals surface area contributed by atoms with E-state index in [0.29, 0.717) is 37.6 Å². The fourth-order valence-electron chi connectivity index (χ4n) is 7.25. The monoisotopic (exact) mass is 710 g/mol. The van der Waals surface area contributed by atoms with Crippen molar-refractivity contribution in [3.63, 3.8) is 0 Å². The minimum Gasteiger partial charge on any atom is -0.465 e. The Morgan fingerprint density at radius 1 is 0.846 bits per heavy atom. The molecule has 0 bridgehead atoms. The molecule has 0 spiro atoms. The van der Waals surface area contributed by atoms with Gasteiger partial charge in [0.05, 0.1) is 43.0 Å². The standard InChI is InChI=1S/C38H46N8O6/c1-5-8-32(44(3)38(50)51)36(48)46-20-7-10-31(46)34-40-22-29(43-34)27-17-13-25(14-18-27)24-11-15-26(16-12-24)28-21-39-33(42-28)30-9-6-19-45(30)35(47)23(2)41-37(49)52-4/h11-18,21-23,30-32H,5-10,19-20H2,1-4H3,(H,39,42)(H,40,43)(H,41,49)(H,50,51)/t23-,30-,31-,32-/m0/s1. The van der Waals surface area contributed by atoms with E-state index in [1.54, 1.807) is 29.1 Å². The van der Waals surface area contributed by atoms with Crippen molar-refractivity contribution < 1.29 is 29.0 Å². The molecule has 4 aromatic rings. The maximum Gasteiger partial charge on any atom is 0.407 e. The number of benzene rings is 2. The number of likely N-dealkylation sites (N-methyl/N-ethyl adjacent to an activating group) is 1. The molecule has 0 radical (unpaired) electrons. The quantitative estimate of drug-likeness (QED) is 0.147. The zero-order chi connectivity index (χ0) is 36.9. The van der Waals surface area contributed by atoms with Crippen LogP contribution in [0.5, 0.6) is 0 Å². The molecule has 2 fully saturated rings. The zero-order valence-electron chi connectivity index (χ0n) is 30.0. The van der Waals surface area contributed by atoms with E-state index in [1.807, 2.05) is 31.2 Å². The molecule has 4 N–H and O–H groups in total. The maximum absolute atomic E-state index is 13.5. The Morgan fingerprint density at radius 3 is 1.75 bits per heavy atom. The number of likely N-dealkylation sites (tertiary alicyclic amines) is 2. The molecule has 52 heavy (non-hydrogen) atoms. The van der Waals surface area contributed by atoms with Gasteiger partial charge in [-0.25, -0.2) is 19.6 Å². The first-order chi connectivity index (χ1) is 25.1. The molecule has 2 aliphatic heterocycles. The SMILES string of the molecule is CCC[C@@H](C(=O)N1CCC[C@H]1c1ncc(-c2ccc(-c3ccc(-c4cnc([C@@H]5CCCN5C(=O)[C@H](C)NC(=O)OC)[nH]4)cc3)cc2)[nH]1)N(C)C(=O)O. The van der Waals surface area contributed by atoms with E-state index in [9.17, 15) is 24.3 Å². The summed E-state index contributed by atoms with van der Waals surface area (Å²) in [5.74, 6) is 1.06. The highest BCUT2D eigenvalue weighted by atomic mass is 16.5. The smallest absolute Gasteiger partial charge is 0.407 e. The summed E-state index contributed by atoms with van der Waals surface area (Å²) >= 11 is 0. The number of carbonyl (C=O) groups is 4. The van der Waals surface area contributed by atoms with Crippen molar-refractivity contribution in [3.8, 4) is 33.6 Å². The lowest BCUT2D eigenvalue weighted by Gasteiger charge is -2.31. The largest absolute Gasteiger partial charge is 0.465 e. The summed E-state index contributed by atoms with van der Waals surface area (Å²) in [5.41, 5.74) is 5.72. The van der Waals surface area contributed by atoms with Gasteiger partial charge in [-0.1, -0.05) is 61.9 Å². The van der Waals surface area contributed by atoms with Crippen LogP contribution in [0.4, 0.5) is 9.59 Å². The number of carboxylic acid groups (broad SMARTS) is 1. The van der Waals surface area contributed by atoms with E-state index in [4.69, 9.17) is 0 Å². The summed E-state index contributed by atoms with van der Waals surface area (Å²) in [4.78, 5) is 70.6. The minimum absolute atomic E-state index is 0.176. The van der Waals surface area contributed by atoms with Crippen LogP contribution in [-0.4, -0.2) is 103 Å². The normalized spacial score (nSPS) is 18.2. The van der Waals surface area contributed by atoms with E-state index in [2.05, 4.69) is 54.3 Å². The summed E-state index contributed by atoms with van der Waals surface area (Å²) < 4.78 is 4.64. The number of nitrogens with zero attached hydrogens (tertiary/aromatic N) is 5. The highest BCUT2D eigenvalue weighted by molar-refractivity contribution is 5.86. The third-order valence-electron chi connectivity index (χ3n) is 10.1. The van der Waals surface area contributed by atoms with E-state index in [-0.39, 0.29) is 23.9 Å². The zero-order valence-corrected chi connectivity index (χ0v) is 30.0. The van der Waals surface area contributed by atoms with Crippen molar-refractivity contribution in [1.82, 2.24) is 40.0 Å². The lowest BCUT2D eigenvalue weighted by Crippen LogP contribution is -2.48. The second-order valence-corrected chi connectivity index (χ2v) is 13.5. The number of alkyl carbamates (subject to hydrolysis) is 1. The molecular weight excluding hydrogens is 664 g/mol. The van der Waals surface area contributed by atoms with Gasteiger partial charge in [0.1, 0.15) is 23.7 Å². The molecule has 14 nitrogen and oxygen atoms in total. The Morgan fingerprint density at radius 2 is 1.31 bits per heavy atom. The van der Waals surface area contributed by atoms with E-state index < -0.39 is 24.3 Å². The van der Waals surface area contributed by atoms with Gasteiger partial charge in [-0.15, -0.1) is 0 Å². The number of carbonyl (C=O) groups excluding carboxylic acids is 3. The van der Waals surface area contributed by atoms with Gasteiger partial charge in [0.2, 0.25) is 11.8 Å². The summed E-state index contributed by atoms with van der Waals surface area (Å²) in [6.45, 7) is 4.76. The Labute approximate surface area is 302 Å². The number of methoxy groups -OCH3 is 1. The maximum atomic E-state index is 13.5. The van der Waals surface area contributed by atoms with Crippen LogP contribution in [0.15, 0.2) is 60.9 Å². The number of aromatic amines is 2. The Bertz CT molecular complexity index is 1890. The van der Waals surface area contributed by atoms with Crippen molar-refractivity contribution >= 4 is 24.0 Å². The van der Waals surface area contributed by atoms with Crippen molar-refractivity contribution in [1.29, 1.82) is 0 Å². The number of aromatic nitrogens is 4. The first kappa shape index (κ1) is 36.1. The van der Waals surface area contributed by atoms with Crippen LogP contribution < -0.4 is 5.32 Å². The third-order valence-corrected chi connectivity index (χ3v) is 10.1. The summed E-state index contributed by atoms with van der Waals surface area (Å²) in [6.07, 6.45) is 6.20. The Hall–Kier alpha value is -5.66. The first-order valence-corrected chi connectivity index (χ1v) is 17.8. The van der Waals surface area contributed by atoms with Crippen LogP contribution in [0.1, 0.15) is 76.1 Å². The lowest BCUT2D eigenvalue weighted by molar-refractivity contribution is -0.137. The molecule has 0 saturated carbocycles. The second kappa shape index (κ2) is 15.7. The van der Waals surface area contributed by atoms with Crippen molar-refractivity contribution in [2.24, 2.45) is 0 Å². The number of amides is 4. The molecule has 0 unspecified atom stereocenters. The molecule has 274 valence electrons. The Kier molecular flexibility index (Phi) is 10.9. The summed E-state index contributed by atoms with van der Waals surface area (Å²) in [7, 11) is 2.72. The lowest BCUT2D eigenvalue weighted by atomic mass is 10.0. The molecule has 2 aliphatic rings. The number of hydrogen-bond donors (Lipinski definition) is 4. The molecule has 14 heteroatoms. The van der Waals surface area contributed by atoms with Gasteiger partial charge in [0.25, 0.3) is 0 Å². The minimum atomic E-state index is -1.11. The predicted octanol–water partition coefficient (Wildman–Crippen LogP) is 5.98. The summed E-state index contributed by atoms with van der Waals surface area (Å²) in [5, 5.41) is 12.1. The number of rotatable bonds is 11. The predicted molar refractivity (Wildman–Crippen MR) is 194 cm³/mol. The number of ether oxygens (including phenoxy) is 1. The van der Waals surface area contributed by atoms with Crippen LogP contribution in [0.25, 0.3) is 33.6 Å². The van der Waals surface area contributed by atoms with Crippen LogP contribution in [0.2, 0.25) is 0 Å². The molecule has 4 amide bonds. The average Bonchev–Trinajstić information content (AvgIpc) is 3.99. The van der Waals surface area contributed by atoms with Gasteiger partial charge in [0.15, 0.2) is 0 Å². The van der Waals surface area contributed by atoms with Crippen molar-refractivity contribution in [2.45, 2.75) is 76.5 Å². The molecule has 2 saturated heterocycles. The number of imidazole rings is 2. The van der Waals surface area contributed by atoms with Gasteiger partial charge >= 0.3 is 12.2 Å². The molecule has 0 aliphatic carbocycles. The van der Waals surface area contributed by atoms with Gasteiger partial charge in [-0.05, 0) is 61.3 Å². The van der Waals surface area contributed by atoms with Gasteiger partial charge in [-0.2, -0.15) is 0 Å². The topological polar surface area (TPSA) is 177 Å². The van der Waals surface area contributed by atoms with Crippen LogP contribution in [0.3, 0.4) is 0 Å². The number of hydrogen-bond acceptors (Lipinski definition) is 7. The van der Waals surface area contributed by atoms with E-state index in [0.717, 1.165) is 64.2 Å². The Balaban J connectivity index is 1.10.